The van der Waals surface area contributed by atoms with Crippen LogP contribution in [0, 0.1) is 17.7 Å². The summed E-state index contributed by atoms with van der Waals surface area (Å²) in [4.78, 5) is 0. The minimum Gasteiger partial charge on any atom is -0.491 e. The second kappa shape index (κ2) is 6.31. The van der Waals surface area contributed by atoms with Crippen molar-refractivity contribution in [2.75, 3.05) is 12.5 Å². The number of hydrogen-bond donors (Lipinski definition) is 0. The van der Waals surface area contributed by atoms with Gasteiger partial charge in [0.25, 0.3) is 0 Å². The summed E-state index contributed by atoms with van der Waals surface area (Å²) in [7, 11) is 0. The van der Waals surface area contributed by atoms with Crippen molar-refractivity contribution in [3.05, 3.63) is 29.6 Å². The quantitative estimate of drug-likeness (QED) is 0.568. The number of alkyl halides is 1. The lowest BCUT2D eigenvalue weighted by molar-refractivity contribution is 0.321. The first-order valence-electron chi connectivity index (χ1n) is 4.75. The summed E-state index contributed by atoms with van der Waals surface area (Å²) >= 11 is 5.49. The number of ether oxygens (including phenoxy) is 1. The minimum atomic E-state index is -0.361. The molecule has 0 aromatic heterocycles. The summed E-state index contributed by atoms with van der Waals surface area (Å²) in [5.74, 6) is 6.16. The Balaban J connectivity index is 2.83. The van der Waals surface area contributed by atoms with E-state index in [1.165, 1.54) is 6.07 Å². The Morgan fingerprint density at radius 3 is 2.93 bits per heavy atom. The molecule has 0 spiro atoms. The molecule has 0 amide bonds. The molecule has 0 heterocycles. The van der Waals surface area contributed by atoms with Gasteiger partial charge < -0.3 is 4.74 Å². The van der Waals surface area contributed by atoms with Gasteiger partial charge in [0.15, 0.2) is 11.6 Å². The molecule has 0 saturated carbocycles. The summed E-state index contributed by atoms with van der Waals surface area (Å²) < 4.78 is 18.3. The second-order valence-corrected chi connectivity index (χ2v) is 3.20. The molecular weight excluding hydrogens is 215 g/mol. The molecule has 0 saturated heterocycles. The average Bonchev–Trinajstić information content (AvgIpc) is 2.23. The third-order valence-electron chi connectivity index (χ3n) is 1.68. The molecule has 0 fully saturated rings. The summed E-state index contributed by atoms with van der Waals surface area (Å²) in [6, 6.07) is 4.58. The van der Waals surface area contributed by atoms with Crippen LogP contribution in [0.5, 0.6) is 5.75 Å². The maximum absolute atomic E-state index is 13.2. The van der Waals surface area contributed by atoms with Gasteiger partial charge in [-0.05, 0) is 25.1 Å². The lowest BCUT2D eigenvalue weighted by Gasteiger charge is -2.03. The van der Waals surface area contributed by atoms with Gasteiger partial charge in [-0.25, -0.2) is 4.39 Å². The van der Waals surface area contributed by atoms with Crippen LogP contribution in [0.4, 0.5) is 4.39 Å². The van der Waals surface area contributed by atoms with Crippen molar-refractivity contribution in [2.45, 2.75) is 13.3 Å². The summed E-state index contributed by atoms with van der Waals surface area (Å²) in [6.45, 7) is 2.25. The van der Waals surface area contributed by atoms with Gasteiger partial charge in [-0.15, -0.1) is 11.6 Å². The van der Waals surface area contributed by atoms with Crippen molar-refractivity contribution in [2.24, 2.45) is 0 Å². The zero-order valence-corrected chi connectivity index (χ0v) is 9.27. The van der Waals surface area contributed by atoms with E-state index in [0.29, 0.717) is 18.9 Å². The van der Waals surface area contributed by atoms with E-state index in [0.717, 1.165) is 5.56 Å². The Bertz CT molecular complexity index is 379. The van der Waals surface area contributed by atoms with Crippen LogP contribution in [0.2, 0.25) is 0 Å². The zero-order valence-electron chi connectivity index (χ0n) is 8.52. The lowest BCUT2D eigenvalue weighted by atomic mass is 10.2. The lowest BCUT2D eigenvalue weighted by Crippen LogP contribution is -1.94. The Kier molecular flexibility index (Phi) is 5.00. The van der Waals surface area contributed by atoms with Crippen LogP contribution in [0.1, 0.15) is 18.9 Å². The molecule has 0 bridgehead atoms. The fourth-order valence-corrected chi connectivity index (χ4v) is 1.15. The van der Waals surface area contributed by atoms with E-state index in [1.54, 1.807) is 12.1 Å². The summed E-state index contributed by atoms with van der Waals surface area (Å²) in [5.41, 5.74) is 0.741. The highest BCUT2D eigenvalue weighted by Crippen LogP contribution is 2.18. The van der Waals surface area contributed by atoms with Crippen LogP contribution in [0.3, 0.4) is 0 Å². The summed E-state index contributed by atoms with van der Waals surface area (Å²) in [5, 5.41) is 0. The second-order valence-electron chi connectivity index (χ2n) is 2.82. The molecule has 1 aromatic carbocycles. The Morgan fingerprint density at radius 1 is 1.47 bits per heavy atom. The van der Waals surface area contributed by atoms with E-state index < -0.39 is 0 Å². The van der Waals surface area contributed by atoms with Crippen molar-refractivity contribution in [3.63, 3.8) is 0 Å². The van der Waals surface area contributed by atoms with Gasteiger partial charge in [0, 0.05) is 17.9 Å². The first kappa shape index (κ1) is 11.9. The van der Waals surface area contributed by atoms with Crippen LogP contribution < -0.4 is 4.74 Å². The van der Waals surface area contributed by atoms with Gasteiger partial charge in [-0.3, -0.25) is 0 Å². The fraction of sp³-hybridized carbons (Fsp3) is 0.333. The third-order valence-corrected chi connectivity index (χ3v) is 1.87. The minimum absolute atomic E-state index is 0.246. The van der Waals surface area contributed by atoms with Gasteiger partial charge in [-0.2, -0.15) is 0 Å². The molecule has 1 rings (SSSR count). The Morgan fingerprint density at radius 2 is 2.27 bits per heavy atom. The number of hydrogen-bond acceptors (Lipinski definition) is 1. The highest BCUT2D eigenvalue weighted by molar-refractivity contribution is 6.18. The molecule has 0 aliphatic heterocycles. The molecule has 0 radical (unpaired) electrons. The topological polar surface area (TPSA) is 9.23 Å². The predicted molar refractivity (Wildman–Crippen MR) is 59.8 cm³/mol. The van der Waals surface area contributed by atoms with E-state index in [4.69, 9.17) is 16.3 Å². The van der Waals surface area contributed by atoms with Crippen LogP contribution in [0.15, 0.2) is 18.2 Å². The normalized spacial score (nSPS) is 9.27. The van der Waals surface area contributed by atoms with E-state index in [2.05, 4.69) is 11.8 Å². The third kappa shape index (κ3) is 3.81. The van der Waals surface area contributed by atoms with Crippen molar-refractivity contribution >= 4 is 11.6 Å². The van der Waals surface area contributed by atoms with E-state index >= 15 is 0 Å². The monoisotopic (exact) mass is 226 g/mol. The van der Waals surface area contributed by atoms with E-state index in [-0.39, 0.29) is 11.6 Å². The first-order chi connectivity index (χ1) is 7.27. The van der Waals surface area contributed by atoms with E-state index in [9.17, 15) is 4.39 Å². The molecule has 15 heavy (non-hydrogen) atoms. The number of benzene rings is 1. The standard InChI is InChI=1S/C12H12ClFO/c1-2-15-12-9-10(5-3-4-8-13)6-7-11(12)14/h6-7,9H,2,4,8H2,1H3. The number of rotatable bonds is 3. The molecule has 3 heteroatoms. The highest BCUT2D eigenvalue weighted by Gasteiger charge is 2.02. The zero-order chi connectivity index (χ0) is 11.1. The average molecular weight is 227 g/mol. The van der Waals surface area contributed by atoms with E-state index in [1.807, 2.05) is 6.92 Å². The molecule has 0 atom stereocenters. The molecule has 0 aliphatic rings. The highest BCUT2D eigenvalue weighted by atomic mass is 35.5. The van der Waals surface area contributed by atoms with Crippen LogP contribution in [-0.2, 0) is 0 Å². The molecule has 80 valence electrons. The molecule has 1 nitrogen and oxygen atoms in total. The van der Waals surface area contributed by atoms with Gasteiger partial charge in [0.1, 0.15) is 0 Å². The molecular formula is C12H12ClFO. The molecule has 1 aromatic rings. The van der Waals surface area contributed by atoms with Gasteiger partial charge >= 0.3 is 0 Å². The van der Waals surface area contributed by atoms with Gasteiger partial charge in [0.05, 0.1) is 6.61 Å². The van der Waals surface area contributed by atoms with Crippen molar-refractivity contribution in [3.8, 4) is 17.6 Å². The van der Waals surface area contributed by atoms with Crippen LogP contribution >= 0.6 is 11.6 Å². The fourth-order valence-electron chi connectivity index (χ4n) is 1.06. The SMILES string of the molecule is CCOc1cc(C#CCCCl)ccc1F. The van der Waals surface area contributed by atoms with Crippen LogP contribution in [0.25, 0.3) is 0 Å². The van der Waals surface area contributed by atoms with Gasteiger partial charge in [-0.1, -0.05) is 11.8 Å². The van der Waals surface area contributed by atoms with Crippen molar-refractivity contribution < 1.29 is 9.13 Å². The maximum Gasteiger partial charge on any atom is 0.165 e. The number of halogens is 2. The predicted octanol–water partition coefficient (Wildman–Crippen LogP) is 3.20. The molecule has 0 N–H and O–H groups in total. The van der Waals surface area contributed by atoms with Crippen LogP contribution in [-0.4, -0.2) is 12.5 Å². The first-order valence-corrected chi connectivity index (χ1v) is 5.28. The Hall–Kier alpha value is -1.20. The van der Waals surface area contributed by atoms with Crippen molar-refractivity contribution in [1.29, 1.82) is 0 Å². The maximum atomic E-state index is 13.2. The smallest absolute Gasteiger partial charge is 0.165 e. The molecule has 0 aliphatic carbocycles. The van der Waals surface area contributed by atoms with Crippen molar-refractivity contribution in [1.82, 2.24) is 0 Å². The molecule has 0 unspecified atom stereocenters. The van der Waals surface area contributed by atoms with Gasteiger partial charge in [0.2, 0.25) is 0 Å². The largest absolute Gasteiger partial charge is 0.491 e. The Labute approximate surface area is 94.2 Å². The summed E-state index contributed by atoms with van der Waals surface area (Å²) in [6.07, 6.45) is 0.628.